The van der Waals surface area contributed by atoms with Gasteiger partial charge in [0.15, 0.2) is 0 Å². The van der Waals surface area contributed by atoms with Crippen LogP contribution < -0.4 is 11.5 Å². The molecule has 1 aromatic carbocycles. The molecule has 1 aliphatic rings. The van der Waals surface area contributed by atoms with Crippen molar-refractivity contribution in [2.45, 2.75) is 25.3 Å². The molecule has 6 N–H and O–H groups in total. The molecule has 2 rings (SSSR count). The summed E-state index contributed by atoms with van der Waals surface area (Å²) in [5.41, 5.74) is 12.1. The van der Waals surface area contributed by atoms with Gasteiger partial charge in [-0.15, -0.1) is 0 Å². The highest BCUT2D eigenvalue weighted by Crippen LogP contribution is 2.37. The van der Waals surface area contributed by atoms with Crippen molar-refractivity contribution in [2.24, 2.45) is 17.4 Å². The number of carboxylic acid groups (broad SMARTS) is 1. The molecule has 1 unspecified atom stereocenters. The molecule has 1 aromatic rings. The summed E-state index contributed by atoms with van der Waals surface area (Å²) in [7, 11) is 0. The Morgan fingerprint density at radius 1 is 1.32 bits per heavy atom. The van der Waals surface area contributed by atoms with E-state index in [9.17, 15) is 9.90 Å². The normalized spacial score (nSPS) is 16.6. The molecule has 140 valence electrons. The van der Waals surface area contributed by atoms with Crippen LogP contribution in [0.3, 0.4) is 0 Å². The number of nitrogens with zero attached hydrogens (tertiary/aromatic N) is 1. The van der Waals surface area contributed by atoms with Gasteiger partial charge in [0.05, 0.1) is 10.0 Å². The van der Waals surface area contributed by atoms with Gasteiger partial charge in [0.1, 0.15) is 5.75 Å². The molecule has 7 nitrogen and oxygen atoms in total. The van der Waals surface area contributed by atoms with Gasteiger partial charge in [0.25, 0.3) is 6.47 Å². The van der Waals surface area contributed by atoms with E-state index in [2.05, 4.69) is 4.90 Å². The molecule has 1 saturated heterocycles. The van der Waals surface area contributed by atoms with E-state index < -0.39 is 0 Å². The molecule has 0 saturated carbocycles. The van der Waals surface area contributed by atoms with Crippen LogP contribution in [0.2, 0.25) is 10.0 Å². The number of piperidine rings is 1. The van der Waals surface area contributed by atoms with E-state index in [1.807, 2.05) is 0 Å². The fraction of sp³-hybridized carbons (Fsp3) is 0.500. The van der Waals surface area contributed by atoms with Crippen LogP contribution in [0.5, 0.6) is 5.75 Å². The third-order valence-corrected chi connectivity index (χ3v) is 4.97. The fourth-order valence-electron chi connectivity index (χ4n) is 2.88. The smallest absolute Gasteiger partial charge is 0.290 e. The molecule has 1 aliphatic heterocycles. The highest BCUT2D eigenvalue weighted by Gasteiger charge is 2.27. The summed E-state index contributed by atoms with van der Waals surface area (Å²) in [6.07, 6.45) is 2.18. The minimum Gasteiger partial charge on any atom is -0.508 e. The van der Waals surface area contributed by atoms with Crippen molar-refractivity contribution in [3.63, 3.8) is 0 Å². The number of primary amides is 1. The van der Waals surface area contributed by atoms with E-state index >= 15 is 0 Å². The van der Waals surface area contributed by atoms with E-state index in [4.69, 9.17) is 44.6 Å². The first-order valence-electron chi connectivity index (χ1n) is 7.82. The van der Waals surface area contributed by atoms with E-state index in [1.165, 1.54) is 6.07 Å². The number of likely N-dealkylation sites (tertiary alicyclic amines) is 1. The van der Waals surface area contributed by atoms with Crippen LogP contribution in [-0.4, -0.2) is 47.1 Å². The van der Waals surface area contributed by atoms with E-state index in [0.717, 1.165) is 25.9 Å². The van der Waals surface area contributed by atoms with Crippen molar-refractivity contribution in [1.29, 1.82) is 0 Å². The first kappa shape index (κ1) is 21.5. The summed E-state index contributed by atoms with van der Waals surface area (Å²) in [6, 6.07) is 2.79. The number of phenolic OH excluding ortho intramolecular Hbond substituents is 1. The number of nitrogens with two attached hydrogens (primary N) is 2. The second-order valence-corrected chi connectivity index (χ2v) is 6.67. The number of aromatic hydroxyl groups is 1. The SMILES string of the molecule is NC(=O)CCN1CCC(C(N)c2cc(Cl)c(Cl)cc2O)CC1.O=CO. The van der Waals surface area contributed by atoms with Crippen LogP contribution >= 0.6 is 23.2 Å². The lowest BCUT2D eigenvalue weighted by atomic mass is 9.85. The van der Waals surface area contributed by atoms with E-state index in [0.29, 0.717) is 28.6 Å². The minimum absolute atomic E-state index is 0.0815. The molecule has 0 aliphatic carbocycles. The van der Waals surface area contributed by atoms with E-state index in [1.54, 1.807) is 6.07 Å². The van der Waals surface area contributed by atoms with Crippen molar-refractivity contribution in [2.75, 3.05) is 19.6 Å². The molecule has 25 heavy (non-hydrogen) atoms. The van der Waals surface area contributed by atoms with Gasteiger partial charge in [-0.2, -0.15) is 0 Å². The number of hydrogen-bond donors (Lipinski definition) is 4. The summed E-state index contributed by atoms with van der Waals surface area (Å²) in [4.78, 5) is 21.4. The Kier molecular flexibility index (Phi) is 8.99. The maximum atomic E-state index is 10.8. The lowest BCUT2D eigenvalue weighted by molar-refractivity contribution is -0.123. The molecule has 9 heteroatoms. The average molecular weight is 392 g/mol. The Morgan fingerprint density at radius 3 is 2.36 bits per heavy atom. The Labute approximate surface area is 156 Å². The summed E-state index contributed by atoms with van der Waals surface area (Å²) in [6.45, 7) is 2.18. The topological polar surface area (TPSA) is 130 Å². The average Bonchev–Trinajstić information content (AvgIpc) is 2.57. The minimum atomic E-state index is -0.284. The summed E-state index contributed by atoms with van der Waals surface area (Å²) >= 11 is 11.9. The highest BCUT2D eigenvalue weighted by molar-refractivity contribution is 6.42. The zero-order valence-corrected chi connectivity index (χ0v) is 15.2. The molecule has 0 aromatic heterocycles. The number of carbonyl (C=O) groups excluding carboxylic acids is 1. The predicted octanol–water partition coefficient (Wildman–Crippen LogP) is 1.99. The first-order chi connectivity index (χ1) is 11.8. The van der Waals surface area contributed by atoms with Gasteiger partial charge in [0.2, 0.25) is 5.91 Å². The molecule has 0 spiro atoms. The Balaban J connectivity index is 0.000000970. The molecule has 1 fully saturated rings. The predicted molar refractivity (Wildman–Crippen MR) is 96.7 cm³/mol. The van der Waals surface area contributed by atoms with Gasteiger partial charge in [-0.25, -0.2) is 0 Å². The van der Waals surface area contributed by atoms with Crippen molar-refractivity contribution < 1.29 is 19.8 Å². The number of phenols is 1. The highest BCUT2D eigenvalue weighted by atomic mass is 35.5. The third-order valence-electron chi connectivity index (χ3n) is 4.24. The van der Waals surface area contributed by atoms with Crippen LogP contribution in [0.15, 0.2) is 12.1 Å². The molecular formula is C16H23Cl2N3O4. The van der Waals surface area contributed by atoms with E-state index in [-0.39, 0.29) is 30.1 Å². The number of rotatable bonds is 5. The van der Waals surface area contributed by atoms with Gasteiger partial charge in [-0.05, 0) is 37.9 Å². The van der Waals surface area contributed by atoms with Crippen LogP contribution in [0.1, 0.15) is 30.9 Å². The maximum absolute atomic E-state index is 10.8. The van der Waals surface area contributed by atoms with Crippen molar-refractivity contribution in [1.82, 2.24) is 4.90 Å². The van der Waals surface area contributed by atoms with Crippen LogP contribution in [0.25, 0.3) is 0 Å². The number of amides is 1. The summed E-state index contributed by atoms with van der Waals surface area (Å²) in [5.74, 6) is 0.0607. The number of hydrogen-bond acceptors (Lipinski definition) is 5. The zero-order chi connectivity index (χ0) is 19.0. The van der Waals surface area contributed by atoms with Gasteiger partial charge in [-0.1, -0.05) is 23.2 Å². The Morgan fingerprint density at radius 2 is 1.84 bits per heavy atom. The zero-order valence-electron chi connectivity index (χ0n) is 13.7. The number of halogens is 2. The van der Waals surface area contributed by atoms with Crippen LogP contribution in [0, 0.1) is 5.92 Å². The van der Waals surface area contributed by atoms with Gasteiger partial charge < -0.3 is 26.6 Å². The second-order valence-electron chi connectivity index (χ2n) is 5.85. The Hall–Kier alpha value is -1.54. The lowest BCUT2D eigenvalue weighted by Crippen LogP contribution is -2.38. The van der Waals surface area contributed by atoms with Crippen molar-refractivity contribution in [3.05, 3.63) is 27.7 Å². The molecule has 1 heterocycles. The van der Waals surface area contributed by atoms with Crippen molar-refractivity contribution >= 4 is 35.6 Å². The summed E-state index contributed by atoms with van der Waals surface area (Å²) < 4.78 is 0. The quantitative estimate of drug-likeness (QED) is 0.567. The van der Waals surface area contributed by atoms with Gasteiger partial charge in [0, 0.05) is 30.6 Å². The second kappa shape index (κ2) is 10.5. The van der Waals surface area contributed by atoms with Gasteiger partial charge in [-0.3, -0.25) is 9.59 Å². The van der Waals surface area contributed by atoms with Gasteiger partial charge >= 0.3 is 0 Å². The molecule has 0 bridgehead atoms. The first-order valence-corrected chi connectivity index (χ1v) is 8.57. The molecule has 1 atom stereocenters. The Bertz CT molecular complexity index is 593. The molecule has 1 amide bonds. The van der Waals surface area contributed by atoms with Crippen LogP contribution in [-0.2, 0) is 9.59 Å². The lowest BCUT2D eigenvalue weighted by Gasteiger charge is -2.35. The fourth-order valence-corrected chi connectivity index (χ4v) is 3.21. The maximum Gasteiger partial charge on any atom is 0.290 e. The standard InChI is InChI=1S/C15H21Cl2N3O2.CH2O2/c16-11-7-10(13(21)8-12(11)17)15(19)9-1-4-20(5-2-9)6-3-14(18)22;2-1-3/h7-9,15,21H,1-6,19H2,(H2,18,22);1H,(H,2,3). The van der Waals surface area contributed by atoms with Crippen molar-refractivity contribution in [3.8, 4) is 5.75 Å². The number of carbonyl (C=O) groups is 2. The summed E-state index contributed by atoms with van der Waals surface area (Å²) in [5, 5.41) is 17.6. The van der Waals surface area contributed by atoms with Crippen LogP contribution in [0.4, 0.5) is 0 Å². The molecule has 0 radical (unpaired) electrons. The third kappa shape index (κ3) is 6.70. The largest absolute Gasteiger partial charge is 0.508 e. The number of benzene rings is 1. The monoisotopic (exact) mass is 391 g/mol. The molecular weight excluding hydrogens is 369 g/mol.